The largest absolute Gasteiger partial charge is 0.494 e. The fourth-order valence-electron chi connectivity index (χ4n) is 3.03. The maximum atomic E-state index is 5.88. The van der Waals surface area contributed by atoms with Crippen molar-refractivity contribution in [2.75, 3.05) is 20.2 Å². The van der Waals surface area contributed by atoms with Gasteiger partial charge in [-0.25, -0.2) is 0 Å². The summed E-state index contributed by atoms with van der Waals surface area (Å²) in [7, 11) is 1.76. The number of nitrogens with zero attached hydrogens (tertiary/aromatic N) is 3. The summed E-state index contributed by atoms with van der Waals surface area (Å²) in [5, 5.41) is 10.8. The molecular weight excluding hydrogens is 330 g/mol. The molecule has 26 heavy (non-hydrogen) atoms. The molecule has 140 valence electrons. The zero-order valence-electron chi connectivity index (χ0n) is 15.7. The van der Waals surface area contributed by atoms with Crippen LogP contribution in [0.4, 0.5) is 0 Å². The number of aliphatic imine (C=N–C) groups is 1. The van der Waals surface area contributed by atoms with Crippen molar-refractivity contribution >= 4 is 5.96 Å². The maximum absolute atomic E-state index is 5.88. The maximum Gasteiger partial charge on any atom is 0.191 e. The van der Waals surface area contributed by atoms with Gasteiger partial charge in [-0.2, -0.15) is 5.10 Å². The van der Waals surface area contributed by atoms with E-state index in [1.54, 1.807) is 13.2 Å². The van der Waals surface area contributed by atoms with Crippen LogP contribution >= 0.6 is 0 Å². The second kappa shape index (κ2) is 8.60. The summed E-state index contributed by atoms with van der Waals surface area (Å²) < 4.78 is 13.6. The van der Waals surface area contributed by atoms with Gasteiger partial charge in [0.25, 0.3) is 0 Å². The molecule has 1 unspecified atom stereocenters. The van der Waals surface area contributed by atoms with Crippen LogP contribution in [0.1, 0.15) is 25.0 Å². The fraction of sp³-hybridized carbons (Fsp3) is 0.474. The van der Waals surface area contributed by atoms with Gasteiger partial charge in [0.2, 0.25) is 0 Å². The third-order valence-corrected chi connectivity index (χ3v) is 4.24. The first-order valence-corrected chi connectivity index (χ1v) is 9.06. The standard InChI is InChI=1S/C19H27N5O2/c1-4-25-17-11-15-10-14(2)26-18(15)12-16(17)13-22-19(20-3)21-7-9-24-8-5-6-23-24/h5-6,8,11-12,14H,4,7,9-10,13H2,1-3H3,(H2,20,21,22). The van der Waals surface area contributed by atoms with Crippen molar-refractivity contribution in [2.24, 2.45) is 4.99 Å². The number of benzene rings is 1. The minimum atomic E-state index is 0.222. The van der Waals surface area contributed by atoms with Gasteiger partial charge in [0.05, 0.1) is 13.2 Å². The summed E-state index contributed by atoms with van der Waals surface area (Å²) in [5.74, 6) is 2.61. The van der Waals surface area contributed by atoms with E-state index < -0.39 is 0 Å². The Kier molecular flexibility index (Phi) is 5.99. The Morgan fingerprint density at radius 2 is 2.31 bits per heavy atom. The van der Waals surface area contributed by atoms with Gasteiger partial charge in [-0.15, -0.1) is 0 Å². The van der Waals surface area contributed by atoms with Crippen LogP contribution in [-0.4, -0.2) is 42.0 Å². The molecule has 2 aromatic rings. The van der Waals surface area contributed by atoms with Crippen LogP contribution in [0.15, 0.2) is 35.6 Å². The second-order valence-electron chi connectivity index (χ2n) is 6.25. The van der Waals surface area contributed by atoms with E-state index >= 15 is 0 Å². The van der Waals surface area contributed by atoms with Crippen molar-refractivity contribution in [1.29, 1.82) is 0 Å². The third-order valence-electron chi connectivity index (χ3n) is 4.24. The first-order chi connectivity index (χ1) is 12.7. The first kappa shape index (κ1) is 18.1. The number of guanidine groups is 1. The smallest absolute Gasteiger partial charge is 0.191 e. The van der Waals surface area contributed by atoms with Crippen molar-refractivity contribution in [1.82, 2.24) is 20.4 Å². The van der Waals surface area contributed by atoms with Crippen LogP contribution in [0.2, 0.25) is 0 Å². The molecule has 0 fully saturated rings. The summed E-state index contributed by atoms with van der Waals surface area (Å²) in [6, 6.07) is 6.10. The average Bonchev–Trinajstić information content (AvgIpc) is 3.26. The van der Waals surface area contributed by atoms with E-state index in [9.17, 15) is 0 Å². The minimum absolute atomic E-state index is 0.222. The fourth-order valence-corrected chi connectivity index (χ4v) is 3.03. The summed E-state index contributed by atoms with van der Waals surface area (Å²) in [5.41, 5.74) is 2.28. The number of ether oxygens (including phenoxy) is 2. The second-order valence-corrected chi connectivity index (χ2v) is 6.25. The van der Waals surface area contributed by atoms with Gasteiger partial charge in [-0.3, -0.25) is 9.67 Å². The molecule has 0 radical (unpaired) electrons. The molecule has 0 bridgehead atoms. The zero-order chi connectivity index (χ0) is 18.4. The number of aromatic nitrogens is 2. The summed E-state index contributed by atoms with van der Waals surface area (Å²) in [4.78, 5) is 4.27. The number of rotatable bonds is 7. The molecule has 1 aromatic heterocycles. The molecule has 1 aromatic carbocycles. The SMILES string of the molecule is CCOc1cc2c(cc1CNC(=NC)NCCn1cccn1)OC(C)C2. The van der Waals surface area contributed by atoms with Crippen molar-refractivity contribution in [3.63, 3.8) is 0 Å². The van der Waals surface area contributed by atoms with E-state index in [1.165, 1.54) is 5.56 Å². The van der Waals surface area contributed by atoms with Crippen molar-refractivity contribution in [3.05, 3.63) is 41.7 Å². The van der Waals surface area contributed by atoms with Gasteiger partial charge >= 0.3 is 0 Å². The molecule has 7 nitrogen and oxygen atoms in total. The summed E-state index contributed by atoms with van der Waals surface area (Å²) in [6.45, 7) is 6.86. The monoisotopic (exact) mass is 357 g/mol. The van der Waals surface area contributed by atoms with E-state index in [-0.39, 0.29) is 6.10 Å². The van der Waals surface area contributed by atoms with Crippen LogP contribution in [-0.2, 0) is 19.5 Å². The van der Waals surface area contributed by atoms with Gasteiger partial charge in [-0.1, -0.05) is 0 Å². The predicted octanol–water partition coefficient (Wildman–Crippen LogP) is 1.97. The molecule has 2 heterocycles. The Bertz CT molecular complexity index is 743. The Labute approximate surface area is 154 Å². The summed E-state index contributed by atoms with van der Waals surface area (Å²) in [6.07, 6.45) is 4.87. The molecule has 3 rings (SSSR count). The van der Waals surface area contributed by atoms with E-state index in [1.807, 2.05) is 23.9 Å². The van der Waals surface area contributed by atoms with Gasteiger partial charge in [0, 0.05) is 50.1 Å². The van der Waals surface area contributed by atoms with Crippen LogP contribution < -0.4 is 20.1 Å². The Morgan fingerprint density at radius 3 is 3.04 bits per heavy atom. The van der Waals surface area contributed by atoms with Crippen LogP contribution in [0, 0.1) is 0 Å². The van der Waals surface area contributed by atoms with Gasteiger partial charge in [0.1, 0.15) is 17.6 Å². The molecule has 0 saturated carbocycles. The van der Waals surface area contributed by atoms with E-state index in [0.717, 1.165) is 42.5 Å². The van der Waals surface area contributed by atoms with E-state index in [2.05, 4.69) is 39.8 Å². The van der Waals surface area contributed by atoms with E-state index in [0.29, 0.717) is 13.2 Å². The Morgan fingerprint density at radius 1 is 1.42 bits per heavy atom. The van der Waals surface area contributed by atoms with Gasteiger partial charge < -0.3 is 20.1 Å². The molecule has 0 saturated heterocycles. The molecule has 0 aliphatic carbocycles. The van der Waals surface area contributed by atoms with Crippen molar-refractivity contribution in [3.8, 4) is 11.5 Å². The molecule has 1 aliphatic heterocycles. The molecule has 1 aliphatic rings. The summed E-state index contributed by atoms with van der Waals surface area (Å²) >= 11 is 0. The highest BCUT2D eigenvalue weighted by molar-refractivity contribution is 5.79. The van der Waals surface area contributed by atoms with Crippen LogP contribution in [0.5, 0.6) is 11.5 Å². The highest BCUT2D eigenvalue weighted by atomic mass is 16.5. The lowest BCUT2D eigenvalue weighted by Crippen LogP contribution is -2.38. The topological polar surface area (TPSA) is 72.7 Å². The Hall–Kier alpha value is -2.70. The first-order valence-electron chi connectivity index (χ1n) is 9.06. The number of nitrogens with one attached hydrogen (secondary N) is 2. The predicted molar refractivity (Wildman–Crippen MR) is 102 cm³/mol. The molecule has 7 heteroatoms. The van der Waals surface area contributed by atoms with Gasteiger partial charge in [0.15, 0.2) is 5.96 Å². The minimum Gasteiger partial charge on any atom is -0.494 e. The average molecular weight is 357 g/mol. The van der Waals surface area contributed by atoms with Gasteiger partial charge in [-0.05, 0) is 32.0 Å². The van der Waals surface area contributed by atoms with Crippen LogP contribution in [0.25, 0.3) is 0 Å². The third kappa shape index (κ3) is 4.47. The molecule has 0 spiro atoms. The lowest BCUT2D eigenvalue weighted by atomic mass is 10.1. The number of fused-ring (bicyclic) bond motifs is 1. The molecule has 0 amide bonds. The lowest BCUT2D eigenvalue weighted by molar-refractivity contribution is 0.254. The Balaban J connectivity index is 1.59. The van der Waals surface area contributed by atoms with Crippen LogP contribution in [0.3, 0.4) is 0 Å². The highest BCUT2D eigenvalue weighted by Crippen LogP contribution is 2.35. The van der Waals surface area contributed by atoms with Crippen molar-refractivity contribution < 1.29 is 9.47 Å². The number of hydrogen-bond acceptors (Lipinski definition) is 4. The lowest BCUT2D eigenvalue weighted by Gasteiger charge is -2.15. The van der Waals surface area contributed by atoms with Crippen molar-refractivity contribution in [2.45, 2.75) is 39.5 Å². The normalized spacial score (nSPS) is 16.1. The molecule has 1 atom stereocenters. The zero-order valence-corrected chi connectivity index (χ0v) is 15.7. The molecular formula is C19H27N5O2. The highest BCUT2D eigenvalue weighted by Gasteiger charge is 2.21. The molecule has 2 N–H and O–H groups in total. The number of hydrogen-bond donors (Lipinski definition) is 2. The quantitative estimate of drug-likeness (QED) is 0.585. The van der Waals surface area contributed by atoms with E-state index in [4.69, 9.17) is 9.47 Å².